The van der Waals surface area contributed by atoms with Crippen LogP contribution in [-0.4, -0.2) is 40.9 Å². The van der Waals surface area contributed by atoms with E-state index in [4.69, 9.17) is 18.6 Å². The summed E-state index contributed by atoms with van der Waals surface area (Å²) in [7, 11) is 1.30. The topological polar surface area (TPSA) is 71.1 Å². The minimum absolute atomic E-state index is 0.164. The Labute approximate surface area is 200 Å². The lowest BCUT2D eigenvalue weighted by molar-refractivity contribution is -0.108. The van der Waals surface area contributed by atoms with Gasteiger partial charge >= 0.3 is 5.97 Å². The summed E-state index contributed by atoms with van der Waals surface area (Å²) in [4.78, 5) is 23.2. The summed E-state index contributed by atoms with van der Waals surface area (Å²) in [5.41, 5.74) is 1.37. The largest absolute Gasteiger partial charge is 0.497 e. The summed E-state index contributed by atoms with van der Waals surface area (Å²) < 4.78 is 23.0. The zero-order valence-corrected chi connectivity index (χ0v) is 22.5. The van der Waals surface area contributed by atoms with Crippen molar-refractivity contribution in [2.24, 2.45) is 0 Å². The highest BCUT2D eigenvalue weighted by atomic mass is 28.4. The molecule has 0 aromatic heterocycles. The van der Waals surface area contributed by atoms with Gasteiger partial charge in [-0.1, -0.05) is 33.6 Å². The molecule has 1 aromatic carbocycles. The van der Waals surface area contributed by atoms with E-state index in [1.54, 1.807) is 20.3 Å². The van der Waals surface area contributed by atoms with E-state index in [1.165, 1.54) is 0 Å². The van der Waals surface area contributed by atoms with Crippen LogP contribution in [-0.2, 0) is 14.0 Å². The van der Waals surface area contributed by atoms with E-state index in [0.717, 1.165) is 56.8 Å². The number of fused-ring (bicyclic) bond motifs is 1. The quantitative estimate of drug-likeness (QED) is 0.129. The molecular formula is C26H42O6Si. The molecule has 0 spiro atoms. The first-order valence-corrected chi connectivity index (χ1v) is 15.0. The molecule has 0 fully saturated rings. The van der Waals surface area contributed by atoms with Gasteiger partial charge in [-0.25, -0.2) is 4.79 Å². The third-order valence-electron chi connectivity index (χ3n) is 6.97. The van der Waals surface area contributed by atoms with Gasteiger partial charge in [0.1, 0.15) is 29.5 Å². The van der Waals surface area contributed by atoms with E-state index >= 15 is 0 Å². The fourth-order valence-electron chi connectivity index (χ4n) is 3.99. The summed E-state index contributed by atoms with van der Waals surface area (Å²) in [6.45, 7) is 11.3. The van der Waals surface area contributed by atoms with Crippen LogP contribution in [0.2, 0.25) is 18.1 Å². The Balaban J connectivity index is 1.90. The smallest absolute Gasteiger partial charge is 0.342 e. The average Bonchev–Trinajstić information content (AvgIpc) is 3.07. The van der Waals surface area contributed by atoms with Crippen LogP contribution in [0.4, 0.5) is 0 Å². The van der Waals surface area contributed by atoms with Crippen LogP contribution >= 0.6 is 0 Å². The lowest BCUT2D eigenvalue weighted by Gasteiger charge is -2.39. The maximum atomic E-state index is 12.4. The van der Waals surface area contributed by atoms with Crippen molar-refractivity contribution in [3.63, 3.8) is 0 Å². The highest BCUT2D eigenvalue weighted by molar-refractivity contribution is 6.74. The second-order valence-corrected chi connectivity index (χ2v) is 15.2. The van der Waals surface area contributed by atoms with Crippen molar-refractivity contribution in [1.29, 1.82) is 0 Å². The minimum atomic E-state index is -1.85. The number of unbranched alkanes of at least 4 members (excludes halogenated alkanes) is 3. The van der Waals surface area contributed by atoms with Crippen molar-refractivity contribution in [3.05, 3.63) is 23.3 Å². The first-order valence-electron chi connectivity index (χ1n) is 12.1. The van der Waals surface area contributed by atoms with Gasteiger partial charge in [-0.05, 0) is 56.3 Å². The predicted molar refractivity (Wildman–Crippen MR) is 133 cm³/mol. The Bertz CT molecular complexity index is 799. The van der Waals surface area contributed by atoms with Crippen molar-refractivity contribution in [1.82, 2.24) is 0 Å². The molecule has 0 saturated carbocycles. The Kier molecular flexibility index (Phi) is 9.97. The van der Waals surface area contributed by atoms with E-state index in [-0.39, 0.29) is 23.2 Å². The maximum Gasteiger partial charge on any atom is 0.342 e. The standard InChI is InChI=1S/C26H42O6Si/c1-26(2,3)33(6,7)32-19(14-11-12-16-27)13-9-8-10-15-22-21-17-20(29-4)18-23(30-5)24(21)25(28)31-22/h16-19,22H,8-15H2,1-7H3/t19-,22-/m1/s1. The monoisotopic (exact) mass is 478 g/mol. The SMILES string of the molecule is COc1cc(OC)c2c(c1)[C@@H](CCCCC[C@H](CCCC=O)O[Si](C)(C)C(C)(C)C)OC2=O. The lowest BCUT2D eigenvalue weighted by atomic mass is 9.98. The second-order valence-electron chi connectivity index (χ2n) is 10.4. The predicted octanol–water partition coefficient (Wildman–Crippen LogP) is 6.63. The van der Waals surface area contributed by atoms with Crippen LogP contribution in [0.15, 0.2) is 12.1 Å². The van der Waals surface area contributed by atoms with Crippen molar-refractivity contribution in [2.75, 3.05) is 14.2 Å². The molecule has 2 atom stereocenters. The Morgan fingerprint density at radius 1 is 1.06 bits per heavy atom. The normalized spacial score (nSPS) is 16.8. The van der Waals surface area contributed by atoms with Crippen molar-refractivity contribution < 1.29 is 28.2 Å². The summed E-state index contributed by atoms with van der Waals surface area (Å²) >= 11 is 0. The fourth-order valence-corrected chi connectivity index (χ4v) is 5.41. The second kappa shape index (κ2) is 12.0. The molecule has 6 nitrogen and oxygen atoms in total. The Morgan fingerprint density at radius 3 is 2.36 bits per heavy atom. The van der Waals surface area contributed by atoms with Crippen LogP contribution < -0.4 is 9.47 Å². The van der Waals surface area contributed by atoms with E-state index in [1.807, 2.05) is 6.07 Å². The number of benzene rings is 1. The number of hydrogen-bond acceptors (Lipinski definition) is 6. The van der Waals surface area contributed by atoms with Gasteiger partial charge in [0.05, 0.1) is 14.2 Å². The lowest BCUT2D eigenvalue weighted by Crippen LogP contribution is -2.44. The number of cyclic esters (lactones) is 1. The highest BCUT2D eigenvalue weighted by Crippen LogP contribution is 2.42. The molecule has 1 aromatic rings. The van der Waals surface area contributed by atoms with E-state index < -0.39 is 8.32 Å². The van der Waals surface area contributed by atoms with Crippen LogP contribution in [0.1, 0.15) is 94.2 Å². The van der Waals surface area contributed by atoms with Gasteiger partial charge in [-0.15, -0.1) is 0 Å². The molecule has 1 heterocycles. The third-order valence-corrected chi connectivity index (χ3v) is 11.5. The first-order chi connectivity index (χ1) is 15.5. The Morgan fingerprint density at radius 2 is 1.76 bits per heavy atom. The first kappa shape index (κ1) is 27.4. The molecular weight excluding hydrogens is 436 g/mol. The number of esters is 1. The third kappa shape index (κ3) is 7.31. The summed E-state index contributed by atoms with van der Waals surface area (Å²) in [6.07, 6.45) is 8.14. The molecule has 0 amide bonds. The minimum Gasteiger partial charge on any atom is -0.497 e. The van der Waals surface area contributed by atoms with Gasteiger partial charge in [0.25, 0.3) is 0 Å². The molecule has 0 radical (unpaired) electrons. The molecule has 0 N–H and O–H groups in total. The van der Waals surface area contributed by atoms with Gasteiger partial charge < -0.3 is 23.4 Å². The summed E-state index contributed by atoms with van der Waals surface area (Å²) in [6, 6.07) is 3.60. The summed E-state index contributed by atoms with van der Waals surface area (Å²) in [5.74, 6) is 0.833. The molecule has 1 aliphatic heterocycles. The molecule has 0 aliphatic carbocycles. The zero-order valence-electron chi connectivity index (χ0n) is 21.5. The average molecular weight is 479 g/mol. The van der Waals surface area contributed by atoms with Gasteiger partial charge in [0.15, 0.2) is 8.32 Å². The Hall–Kier alpha value is -1.86. The molecule has 7 heteroatoms. The zero-order chi connectivity index (χ0) is 24.6. The number of hydrogen-bond donors (Lipinski definition) is 0. The van der Waals surface area contributed by atoms with Gasteiger partial charge in [0.2, 0.25) is 0 Å². The number of carbonyl (C=O) groups is 2. The molecule has 0 bridgehead atoms. The number of aldehydes is 1. The summed E-state index contributed by atoms with van der Waals surface area (Å²) in [5, 5.41) is 0.164. The van der Waals surface area contributed by atoms with Crippen LogP contribution in [0.5, 0.6) is 11.5 Å². The highest BCUT2D eigenvalue weighted by Gasteiger charge is 2.39. The van der Waals surface area contributed by atoms with Gasteiger partial charge in [-0.3, -0.25) is 0 Å². The molecule has 0 saturated heterocycles. The molecule has 1 aliphatic rings. The fraction of sp³-hybridized carbons (Fsp3) is 0.692. The van der Waals surface area contributed by atoms with Gasteiger partial charge in [-0.2, -0.15) is 0 Å². The molecule has 0 unspecified atom stereocenters. The molecule has 33 heavy (non-hydrogen) atoms. The molecule has 186 valence electrons. The van der Waals surface area contributed by atoms with E-state index in [2.05, 4.69) is 33.9 Å². The maximum absolute atomic E-state index is 12.4. The van der Waals surface area contributed by atoms with Crippen molar-refractivity contribution in [2.45, 2.75) is 102 Å². The van der Waals surface area contributed by atoms with Crippen molar-refractivity contribution >= 4 is 20.6 Å². The number of ether oxygens (including phenoxy) is 3. The van der Waals surface area contributed by atoms with Crippen LogP contribution in [0.3, 0.4) is 0 Å². The van der Waals surface area contributed by atoms with Crippen LogP contribution in [0, 0.1) is 0 Å². The number of carbonyl (C=O) groups excluding carboxylic acids is 2. The molecule has 2 rings (SSSR count). The van der Waals surface area contributed by atoms with E-state index in [0.29, 0.717) is 23.5 Å². The van der Waals surface area contributed by atoms with Gasteiger partial charge in [0, 0.05) is 24.2 Å². The van der Waals surface area contributed by atoms with E-state index in [9.17, 15) is 9.59 Å². The van der Waals surface area contributed by atoms with Crippen molar-refractivity contribution in [3.8, 4) is 11.5 Å². The van der Waals surface area contributed by atoms with Crippen LogP contribution in [0.25, 0.3) is 0 Å². The number of methoxy groups -OCH3 is 2. The number of rotatable bonds is 14.